The zero-order valence-corrected chi connectivity index (χ0v) is 16.3. The molecule has 1 aliphatic rings. The first-order valence-electron chi connectivity index (χ1n) is 8.39. The van der Waals surface area contributed by atoms with Gasteiger partial charge in [0.05, 0.1) is 17.2 Å². The minimum absolute atomic E-state index is 0.797. The molecule has 0 bridgehead atoms. The topological polar surface area (TPSA) is 37.4 Å². The van der Waals surface area contributed by atoms with E-state index >= 15 is 0 Å². The molecule has 1 aliphatic carbocycles. The van der Waals surface area contributed by atoms with E-state index in [-0.39, 0.29) is 0 Å². The maximum Gasteiger partial charge on any atom is 0.382 e. The normalized spacial score (nSPS) is 24.6. The van der Waals surface area contributed by atoms with Gasteiger partial charge in [0, 0.05) is 0 Å². The Bertz CT molecular complexity index is 932. The minimum Gasteiger partial charge on any atom is -0.343 e. The van der Waals surface area contributed by atoms with E-state index < -0.39 is 19.5 Å². The van der Waals surface area contributed by atoms with Gasteiger partial charge in [-0.25, -0.2) is 6.57 Å². The molecule has 0 saturated heterocycles. The molecule has 4 heteroatoms. The lowest BCUT2D eigenvalue weighted by Crippen LogP contribution is -2.46. The van der Waals surface area contributed by atoms with Crippen LogP contribution >= 0.6 is 0 Å². The second kappa shape index (κ2) is 5.56. The molecular weight excluding hydrogens is 324 g/mol. The molecule has 0 saturated carbocycles. The highest BCUT2D eigenvalue weighted by molar-refractivity contribution is 6.69. The predicted octanol–water partition coefficient (Wildman–Crippen LogP) is 5.11. The molecule has 2 atom stereocenters. The fraction of sp³-hybridized carbons (Fsp3) is 0.333. The van der Waals surface area contributed by atoms with Gasteiger partial charge in [-0.15, -0.1) is 0 Å². The molecule has 0 fully saturated rings. The van der Waals surface area contributed by atoms with Gasteiger partial charge in [-0.05, 0) is 56.7 Å². The van der Waals surface area contributed by atoms with Gasteiger partial charge in [0.2, 0.25) is 0 Å². The molecule has 0 heterocycles. The average molecular weight is 347 g/mol. The van der Waals surface area contributed by atoms with Gasteiger partial charge in [0.25, 0.3) is 0 Å². The first-order chi connectivity index (χ1) is 11.7. The highest BCUT2D eigenvalue weighted by Crippen LogP contribution is 2.52. The summed E-state index contributed by atoms with van der Waals surface area (Å²) in [5, 5.41) is 10.1. The molecular formula is C21H22N2OSi. The Morgan fingerprint density at radius 2 is 1.64 bits per heavy atom. The number of rotatable bonds is 2. The summed E-state index contributed by atoms with van der Waals surface area (Å²) in [5.41, 5.74) is 2.44. The van der Waals surface area contributed by atoms with E-state index in [1.807, 2.05) is 56.3 Å². The van der Waals surface area contributed by atoms with E-state index in [9.17, 15) is 5.26 Å². The van der Waals surface area contributed by atoms with Crippen molar-refractivity contribution < 1.29 is 4.43 Å². The SMILES string of the molecule is [C-]#[N+]C1(O[Si](C)(C)C)c2ccccc2C(C)(C#N)c2cc(C)ccc21. The Balaban J connectivity index is 2.47. The maximum absolute atomic E-state index is 10.1. The number of hydrogen-bond acceptors (Lipinski definition) is 2. The van der Waals surface area contributed by atoms with E-state index in [0.717, 1.165) is 27.8 Å². The van der Waals surface area contributed by atoms with E-state index in [0.29, 0.717) is 0 Å². The molecule has 2 unspecified atom stereocenters. The molecule has 126 valence electrons. The number of aryl methyl sites for hydroxylation is 1. The Hall–Kier alpha value is -2.40. The van der Waals surface area contributed by atoms with E-state index in [4.69, 9.17) is 11.0 Å². The summed E-state index contributed by atoms with van der Waals surface area (Å²) in [7, 11) is -2.04. The molecule has 3 nitrogen and oxygen atoms in total. The number of fused-ring (bicyclic) bond motifs is 2. The Labute approximate surface area is 150 Å². The number of nitrogens with zero attached hydrogens (tertiary/aromatic N) is 2. The second-order valence-electron chi connectivity index (χ2n) is 7.80. The summed E-state index contributed by atoms with van der Waals surface area (Å²) in [6.45, 7) is 18.3. The summed E-state index contributed by atoms with van der Waals surface area (Å²) < 4.78 is 6.52. The van der Waals surface area contributed by atoms with Crippen LogP contribution < -0.4 is 0 Å². The molecule has 0 radical (unpaired) electrons. The summed E-state index contributed by atoms with van der Waals surface area (Å²) >= 11 is 0. The third kappa shape index (κ3) is 2.50. The summed E-state index contributed by atoms with van der Waals surface area (Å²) in [6, 6.07) is 16.2. The van der Waals surface area contributed by atoms with E-state index in [1.165, 1.54) is 0 Å². The average Bonchev–Trinajstić information content (AvgIpc) is 2.57. The largest absolute Gasteiger partial charge is 0.382 e. The van der Waals surface area contributed by atoms with Crippen molar-refractivity contribution in [3.05, 3.63) is 81.7 Å². The second-order valence-corrected chi connectivity index (χ2v) is 12.2. The Morgan fingerprint density at radius 3 is 2.20 bits per heavy atom. The first kappa shape index (κ1) is 17.4. The molecule has 3 rings (SSSR count). The van der Waals surface area contributed by atoms with Crippen LogP contribution in [-0.4, -0.2) is 8.32 Å². The third-order valence-electron chi connectivity index (χ3n) is 4.74. The fourth-order valence-electron chi connectivity index (χ4n) is 3.69. The zero-order valence-electron chi connectivity index (χ0n) is 15.3. The van der Waals surface area contributed by atoms with Crippen molar-refractivity contribution in [2.75, 3.05) is 0 Å². The van der Waals surface area contributed by atoms with Crippen molar-refractivity contribution in [3.8, 4) is 6.07 Å². The lowest BCUT2D eigenvalue weighted by atomic mass is 9.65. The minimum atomic E-state index is -2.04. The van der Waals surface area contributed by atoms with Crippen LogP contribution in [0.1, 0.15) is 34.7 Å². The maximum atomic E-state index is 10.1. The van der Waals surface area contributed by atoms with Gasteiger partial charge in [-0.3, -0.25) is 4.85 Å². The van der Waals surface area contributed by atoms with Crippen molar-refractivity contribution in [3.63, 3.8) is 0 Å². The standard InChI is InChI=1S/C21H22N2OSi/c1-15-11-12-18-19(13-15)20(2,14-22)16-9-7-8-10-17(16)21(18,23-3)24-25(4,5)6/h7-13H,1-2,4-6H3. The summed E-state index contributed by atoms with van der Waals surface area (Å²) in [5.74, 6) is 0. The van der Waals surface area contributed by atoms with Crippen LogP contribution in [0.3, 0.4) is 0 Å². The molecule has 2 aromatic carbocycles. The van der Waals surface area contributed by atoms with Crippen molar-refractivity contribution in [1.29, 1.82) is 5.26 Å². The van der Waals surface area contributed by atoms with Crippen LogP contribution in [0.5, 0.6) is 0 Å². The van der Waals surface area contributed by atoms with Gasteiger partial charge in [-0.1, -0.05) is 35.9 Å². The van der Waals surface area contributed by atoms with Gasteiger partial charge in [-0.2, -0.15) is 5.26 Å². The molecule has 2 aromatic rings. The Morgan fingerprint density at radius 1 is 1.04 bits per heavy atom. The molecule has 0 aliphatic heterocycles. The molecule has 0 spiro atoms. The van der Waals surface area contributed by atoms with E-state index in [1.54, 1.807) is 0 Å². The quantitative estimate of drug-likeness (QED) is 0.560. The number of benzene rings is 2. The van der Waals surface area contributed by atoms with Gasteiger partial charge in [0.15, 0.2) is 8.32 Å². The van der Waals surface area contributed by atoms with Crippen LogP contribution in [0.2, 0.25) is 19.6 Å². The smallest absolute Gasteiger partial charge is 0.343 e. The molecule has 25 heavy (non-hydrogen) atoms. The van der Waals surface area contributed by atoms with Crippen molar-refractivity contribution in [2.24, 2.45) is 0 Å². The van der Waals surface area contributed by atoms with Gasteiger partial charge < -0.3 is 4.43 Å². The lowest BCUT2D eigenvalue weighted by Gasteiger charge is -2.40. The molecule has 0 aromatic heterocycles. The Kier molecular flexibility index (Phi) is 3.87. The number of hydrogen-bond donors (Lipinski definition) is 0. The van der Waals surface area contributed by atoms with E-state index in [2.05, 4.69) is 30.6 Å². The fourth-order valence-corrected chi connectivity index (χ4v) is 4.84. The highest BCUT2D eigenvalue weighted by atomic mass is 28.4. The first-order valence-corrected chi connectivity index (χ1v) is 11.8. The van der Waals surface area contributed by atoms with Crippen molar-refractivity contribution >= 4 is 8.32 Å². The monoisotopic (exact) mass is 346 g/mol. The van der Waals surface area contributed by atoms with Crippen LogP contribution in [0.4, 0.5) is 0 Å². The summed E-state index contributed by atoms with van der Waals surface area (Å²) in [6.07, 6.45) is 0. The van der Waals surface area contributed by atoms with Crippen molar-refractivity contribution in [2.45, 2.75) is 44.6 Å². The predicted molar refractivity (Wildman–Crippen MR) is 102 cm³/mol. The summed E-state index contributed by atoms with van der Waals surface area (Å²) in [4.78, 5) is 4.03. The lowest BCUT2D eigenvalue weighted by molar-refractivity contribution is 0.145. The van der Waals surface area contributed by atoms with Crippen LogP contribution in [-0.2, 0) is 15.6 Å². The highest BCUT2D eigenvalue weighted by Gasteiger charge is 2.56. The third-order valence-corrected chi connectivity index (χ3v) is 5.65. The van der Waals surface area contributed by atoms with Gasteiger partial charge >= 0.3 is 5.72 Å². The van der Waals surface area contributed by atoms with Gasteiger partial charge in [0.1, 0.15) is 5.41 Å². The molecule has 0 N–H and O–H groups in total. The van der Waals surface area contributed by atoms with Crippen LogP contribution in [0, 0.1) is 24.8 Å². The van der Waals surface area contributed by atoms with Crippen molar-refractivity contribution in [1.82, 2.24) is 0 Å². The zero-order chi connectivity index (χ0) is 18.5. The van der Waals surface area contributed by atoms with Crippen LogP contribution in [0.25, 0.3) is 4.85 Å². The van der Waals surface area contributed by atoms with Crippen LogP contribution in [0.15, 0.2) is 42.5 Å². The number of nitriles is 1. The molecule has 0 amide bonds.